The lowest BCUT2D eigenvalue weighted by molar-refractivity contribution is -0.136. The molecule has 0 aliphatic carbocycles. The summed E-state index contributed by atoms with van der Waals surface area (Å²) < 4.78 is 6.68. The number of carbonyl (C=O) groups is 2. The largest absolute Gasteiger partial charge is 0.481 e. The Morgan fingerprint density at radius 2 is 2.11 bits per heavy atom. The van der Waals surface area contributed by atoms with Gasteiger partial charge in [0.2, 0.25) is 0 Å². The second kappa shape index (κ2) is 4.70. The van der Waals surface area contributed by atoms with Crippen LogP contribution in [0.4, 0.5) is 4.79 Å². The molecule has 0 aliphatic rings. The van der Waals surface area contributed by atoms with E-state index in [9.17, 15) is 9.59 Å². The lowest BCUT2D eigenvalue weighted by Crippen LogP contribution is -2.26. The molecule has 0 radical (unpaired) electrons. The van der Waals surface area contributed by atoms with Crippen LogP contribution in [0, 0.1) is 0 Å². The number of aromatic nitrogens is 1. The first kappa shape index (κ1) is 13.6. The Morgan fingerprint density at radius 1 is 1.42 bits per heavy atom. The molecule has 0 aromatic carbocycles. The van der Waals surface area contributed by atoms with Crippen molar-refractivity contribution in [3.63, 3.8) is 0 Å². The Hall–Kier alpha value is -1.82. The van der Waals surface area contributed by atoms with E-state index in [2.05, 4.69) is 0 Å². The molecule has 0 bridgehead atoms. The lowest BCUT2D eigenvalue weighted by atomic mass is 10.2. The lowest BCUT2D eigenvalue weighted by Gasteiger charge is -2.19. The molecule has 0 saturated heterocycles. The predicted octanol–water partition coefficient (Wildman–Crippen LogP) is 3.11. The van der Waals surface area contributed by atoms with Gasteiger partial charge in [0.05, 0.1) is 6.42 Å². The van der Waals surface area contributed by atoms with E-state index < -0.39 is 17.7 Å². The number of carboxylic acids is 1. The van der Waals surface area contributed by atoms with Gasteiger partial charge in [-0.05, 0) is 37.8 Å². The Labute approximate surface area is 114 Å². The molecule has 0 unspecified atom stereocenters. The number of fused-ring (bicyclic) bond motifs is 1. The van der Waals surface area contributed by atoms with Crippen LogP contribution in [-0.2, 0) is 16.0 Å². The van der Waals surface area contributed by atoms with Gasteiger partial charge in [-0.3, -0.25) is 4.79 Å². The fraction of sp³-hybridized carbons (Fsp3) is 0.385. The van der Waals surface area contributed by atoms with Crippen LogP contribution in [0.25, 0.3) is 10.2 Å². The van der Waals surface area contributed by atoms with E-state index in [4.69, 9.17) is 9.84 Å². The molecule has 0 saturated carbocycles. The highest BCUT2D eigenvalue weighted by Gasteiger charge is 2.21. The molecule has 2 rings (SSSR count). The van der Waals surface area contributed by atoms with Crippen LogP contribution in [0.5, 0.6) is 0 Å². The molecule has 5 nitrogen and oxygen atoms in total. The third-order valence-corrected chi connectivity index (χ3v) is 3.34. The van der Waals surface area contributed by atoms with Gasteiger partial charge in [0.1, 0.15) is 10.4 Å². The zero-order valence-corrected chi connectivity index (χ0v) is 11.8. The van der Waals surface area contributed by atoms with Crippen LogP contribution in [0.2, 0.25) is 0 Å². The van der Waals surface area contributed by atoms with Crippen LogP contribution in [0.3, 0.4) is 0 Å². The van der Waals surface area contributed by atoms with E-state index in [1.165, 1.54) is 15.9 Å². The van der Waals surface area contributed by atoms with E-state index >= 15 is 0 Å². The summed E-state index contributed by atoms with van der Waals surface area (Å²) in [5.41, 5.74) is 0.0346. The van der Waals surface area contributed by atoms with E-state index in [0.29, 0.717) is 10.4 Å². The van der Waals surface area contributed by atoms with Crippen LogP contribution in [0.15, 0.2) is 17.6 Å². The molecule has 2 heterocycles. The molecule has 0 atom stereocenters. The van der Waals surface area contributed by atoms with Gasteiger partial charge >= 0.3 is 12.1 Å². The maximum absolute atomic E-state index is 12.1. The van der Waals surface area contributed by atoms with E-state index in [1.807, 2.05) is 11.4 Å². The normalized spacial score (nSPS) is 11.7. The zero-order valence-electron chi connectivity index (χ0n) is 11.0. The first-order valence-corrected chi connectivity index (χ1v) is 6.68. The van der Waals surface area contributed by atoms with Gasteiger partial charge in [-0.2, -0.15) is 0 Å². The minimum Gasteiger partial charge on any atom is -0.481 e. The molecule has 19 heavy (non-hydrogen) atoms. The van der Waals surface area contributed by atoms with Crippen LogP contribution >= 0.6 is 11.3 Å². The molecular formula is C13H15NO4S. The summed E-state index contributed by atoms with van der Waals surface area (Å²) in [4.78, 5) is 23.6. The summed E-state index contributed by atoms with van der Waals surface area (Å²) in [6, 6.07) is 1.82. The van der Waals surface area contributed by atoms with Crippen molar-refractivity contribution < 1.29 is 19.4 Å². The summed E-state index contributed by atoms with van der Waals surface area (Å²) >= 11 is 1.39. The molecule has 0 fully saturated rings. The van der Waals surface area contributed by atoms with Gasteiger partial charge in [-0.1, -0.05) is 0 Å². The highest BCUT2D eigenvalue weighted by atomic mass is 32.1. The second-order valence-corrected chi connectivity index (χ2v) is 6.11. The van der Waals surface area contributed by atoms with Crippen LogP contribution < -0.4 is 0 Å². The fourth-order valence-corrected chi connectivity index (χ4v) is 2.67. The van der Waals surface area contributed by atoms with Gasteiger partial charge in [0.15, 0.2) is 0 Å². The van der Waals surface area contributed by atoms with E-state index in [0.717, 1.165) is 5.39 Å². The zero-order chi connectivity index (χ0) is 14.2. The first-order chi connectivity index (χ1) is 8.78. The number of rotatable bonds is 2. The maximum atomic E-state index is 12.1. The van der Waals surface area contributed by atoms with Gasteiger partial charge in [0, 0.05) is 11.6 Å². The molecule has 6 heteroatoms. The van der Waals surface area contributed by atoms with Crippen LogP contribution in [-0.4, -0.2) is 27.3 Å². The fourth-order valence-electron chi connectivity index (χ4n) is 1.77. The summed E-state index contributed by atoms with van der Waals surface area (Å²) in [5.74, 6) is -0.922. The van der Waals surface area contributed by atoms with Gasteiger partial charge in [-0.15, -0.1) is 11.3 Å². The molecule has 102 valence electrons. The summed E-state index contributed by atoms with van der Waals surface area (Å²) in [5, 5.41) is 11.5. The molecule has 0 spiro atoms. The standard InChI is InChI=1S/C13H15NO4S/c1-13(2,3)18-12(17)14-7-8(6-10(15)16)9-4-5-19-11(9)14/h4-5,7H,6H2,1-3H3,(H,15,16). The smallest absolute Gasteiger partial charge is 0.419 e. The highest BCUT2D eigenvalue weighted by molar-refractivity contribution is 7.17. The number of thiophene rings is 1. The van der Waals surface area contributed by atoms with Crippen molar-refractivity contribution in [1.29, 1.82) is 0 Å². The Morgan fingerprint density at radius 3 is 2.68 bits per heavy atom. The summed E-state index contributed by atoms with van der Waals surface area (Å²) in [6.45, 7) is 5.37. The van der Waals surface area contributed by atoms with Crippen molar-refractivity contribution in [2.75, 3.05) is 0 Å². The number of carboxylic acid groups (broad SMARTS) is 1. The number of ether oxygens (including phenoxy) is 1. The molecular weight excluding hydrogens is 266 g/mol. The van der Waals surface area contributed by atoms with Crippen molar-refractivity contribution in [3.05, 3.63) is 23.2 Å². The third kappa shape index (κ3) is 2.96. The van der Waals surface area contributed by atoms with Crippen molar-refractivity contribution >= 4 is 33.6 Å². The molecule has 0 aliphatic heterocycles. The van der Waals surface area contributed by atoms with Crippen molar-refractivity contribution in [1.82, 2.24) is 4.57 Å². The number of aliphatic carboxylic acids is 1. The summed E-state index contributed by atoms with van der Waals surface area (Å²) in [7, 11) is 0. The first-order valence-electron chi connectivity index (χ1n) is 5.80. The molecule has 2 aromatic rings. The monoisotopic (exact) mass is 281 g/mol. The summed E-state index contributed by atoms with van der Waals surface area (Å²) in [6.07, 6.45) is 0.948. The number of carbonyl (C=O) groups excluding carboxylic acids is 1. The van der Waals surface area contributed by atoms with Crippen molar-refractivity contribution in [3.8, 4) is 0 Å². The number of hydrogen-bond acceptors (Lipinski definition) is 4. The van der Waals surface area contributed by atoms with Gasteiger partial charge in [0.25, 0.3) is 0 Å². The average Bonchev–Trinajstić information content (AvgIpc) is 2.77. The number of nitrogens with zero attached hydrogens (tertiary/aromatic N) is 1. The Kier molecular flexibility index (Phi) is 3.36. The topological polar surface area (TPSA) is 68.5 Å². The molecule has 0 amide bonds. The van der Waals surface area contributed by atoms with Crippen LogP contribution in [0.1, 0.15) is 26.3 Å². The predicted molar refractivity (Wildman–Crippen MR) is 72.8 cm³/mol. The minimum absolute atomic E-state index is 0.108. The minimum atomic E-state index is -0.922. The molecule has 2 aromatic heterocycles. The van der Waals surface area contributed by atoms with Gasteiger partial charge < -0.3 is 9.84 Å². The quantitative estimate of drug-likeness (QED) is 0.918. The molecule has 1 N–H and O–H groups in total. The van der Waals surface area contributed by atoms with Gasteiger partial charge in [-0.25, -0.2) is 9.36 Å². The Balaban J connectivity index is 2.41. The van der Waals surface area contributed by atoms with E-state index in [1.54, 1.807) is 27.0 Å². The second-order valence-electron chi connectivity index (χ2n) is 5.21. The SMILES string of the molecule is CC(C)(C)OC(=O)n1cc(CC(=O)O)c2ccsc21. The Bertz CT molecular complexity index is 633. The highest BCUT2D eigenvalue weighted by Crippen LogP contribution is 2.27. The van der Waals surface area contributed by atoms with Crippen molar-refractivity contribution in [2.24, 2.45) is 0 Å². The third-order valence-electron chi connectivity index (χ3n) is 2.43. The van der Waals surface area contributed by atoms with E-state index in [-0.39, 0.29) is 6.42 Å². The maximum Gasteiger partial charge on any atom is 0.419 e. The van der Waals surface area contributed by atoms with Crippen molar-refractivity contribution in [2.45, 2.75) is 32.8 Å². The average molecular weight is 281 g/mol. The number of hydrogen-bond donors (Lipinski definition) is 1.